The molecule has 0 unspecified atom stereocenters. The Kier molecular flexibility index (Phi) is 6.10. The molecular formula is C19H26N2O. The first-order valence-electron chi connectivity index (χ1n) is 7.96. The van der Waals surface area contributed by atoms with Crippen molar-refractivity contribution >= 4 is 0 Å². The third-order valence-corrected chi connectivity index (χ3v) is 3.95. The Balaban J connectivity index is 2.07. The average Bonchev–Trinajstić information content (AvgIpc) is 2.51. The molecule has 0 saturated carbocycles. The normalized spacial score (nSPS) is 10.9. The maximum absolute atomic E-state index is 8.73. The number of hydrogen-bond donors (Lipinski definition) is 2. The Bertz CT molecular complexity index is 623. The molecule has 2 aromatic rings. The lowest BCUT2D eigenvalue weighted by molar-refractivity contribution is 0.292. The lowest BCUT2D eigenvalue weighted by atomic mass is 9.98. The first-order chi connectivity index (χ1) is 10.6. The van der Waals surface area contributed by atoms with E-state index in [0.29, 0.717) is 6.54 Å². The molecule has 1 aromatic carbocycles. The molecule has 2 rings (SSSR count). The van der Waals surface area contributed by atoms with Crippen LogP contribution >= 0.6 is 0 Å². The summed E-state index contributed by atoms with van der Waals surface area (Å²) in [5.74, 6) is 0. The van der Waals surface area contributed by atoms with Crippen molar-refractivity contribution in [1.29, 1.82) is 0 Å². The van der Waals surface area contributed by atoms with Crippen molar-refractivity contribution in [2.75, 3.05) is 19.7 Å². The summed E-state index contributed by atoms with van der Waals surface area (Å²) in [7, 11) is 0. The molecule has 0 amide bonds. The van der Waals surface area contributed by atoms with Crippen LogP contribution in [-0.2, 0) is 6.42 Å². The number of benzene rings is 1. The Morgan fingerprint density at radius 1 is 1.05 bits per heavy atom. The van der Waals surface area contributed by atoms with Gasteiger partial charge in [0.1, 0.15) is 0 Å². The van der Waals surface area contributed by atoms with Gasteiger partial charge in [-0.1, -0.05) is 23.8 Å². The van der Waals surface area contributed by atoms with Crippen molar-refractivity contribution in [3.63, 3.8) is 0 Å². The van der Waals surface area contributed by atoms with E-state index >= 15 is 0 Å². The summed E-state index contributed by atoms with van der Waals surface area (Å²) < 4.78 is 0. The summed E-state index contributed by atoms with van der Waals surface area (Å²) in [6.07, 6.45) is 4.00. The molecule has 22 heavy (non-hydrogen) atoms. The second-order valence-corrected chi connectivity index (χ2v) is 5.88. The Morgan fingerprint density at radius 2 is 1.86 bits per heavy atom. The summed E-state index contributed by atoms with van der Waals surface area (Å²) in [6, 6.07) is 8.78. The minimum absolute atomic E-state index is 0.196. The smallest absolute Gasteiger partial charge is 0.0555 e. The summed E-state index contributed by atoms with van der Waals surface area (Å²) in [5.41, 5.74) is 7.44. The number of aliphatic hydroxyl groups excluding tert-OH is 1. The third kappa shape index (κ3) is 4.39. The molecule has 0 saturated heterocycles. The van der Waals surface area contributed by atoms with Crippen LogP contribution in [0.15, 0.2) is 30.5 Å². The zero-order valence-corrected chi connectivity index (χ0v) is 13.8. The minimum atomic E-state index is 0.196. The van der Waals surface area contributed by atoms with Gasteiger partial charge in [-0.2, -0.15) is 0 Å². The maximum Gasteiger partial charge on any atom is 0.0555 e. The van der Waals surface area contributed by atoms with E-state index in [2.05, 4.69) is 55.3 Å². The van der Waals surface area contributed by atoms with Crippen molar-refractivity contribution in [3.8, 4) is 11.1 Å². The van der Waals surface area contributed by atoms with Gasteiger partial charge in [0.2, 0.25) is 0 Å². The molecular weight excluding hydrogens is 272 g/mol. The predicted octanol–water partition coefficient (Wildman–Crippen LogP) is 3.19. The van der Waals surface area contributed by atoms with Crippen LogP contribution in [0.5, 0.6) is 0 Å². The molecule has 0 radical (unpaired) electrons. The molecule has 3 heteroatoms. The highest BCUT2D eigenvalue weighted by Gasteiger charge is 2.06. The number of nitrogens with zero attached hydrogens (tertiary/aromatic N) is 1. The van der Waals surface area contributed by atoms with E-state index < -0.39 is 0 Å². The van der Waals surface area contributed by atoms with Crippen LogP contribution < -0.4 is 5.32 Å². The summed E-state index contributed by atoms with van der Waals surface area (Å²) >= 11 is 0. The summed E-state index contributed by atoms with van der Waals surface area (Å²) in [5, 5.41) is 11.9. The van der Waals surface area contributed by atoms with Crippen molar-refractivity contribution in [3.05, 3.63) is 52.8 Å². The third-order valence-electron chi connectivity index (χ3n) is 3.95. The highest BCUT2D eigenvalue weighted by molar-refractivity contribution is 5.67. The van der Waals surface area contributed by atoms with Crippen LogP contribution in [-0.4, -0.2) is 29.8 Å². The van der Waals surface area contributed by atoms with Gasteiger partial charge in [-0.15, -0.1) is 0 Å². The van der Waals surface area contributed by atoms with Crippen LogP contribution in [0.4, 0.5) is 0 Å². The van der Waals surface area contributed by atoms with E-state index in [1.165, 1.54) is 33.5 Å². The fourth-order valence-corrected chi connectivity index (χ4v) is 2.64. The zero-order chi connectivity index (χ0) is 15.9. The number of aromatic nitrogens is 1. The highest BCUT2D eigenvalue weighted by Crippen LogP contribution is 2.25. The Labute approximate surface area is 133 Å². The molecule has 1 heterocycles. The number of rotatable bonds is 7. The second-order valence-electron chi connectivity index (χ2n) is 5.88. The van der Waals surface area contributed by atoms with E-state index in [9.17, 15) is 0 Å². The summed E-state index contributed by atoms with van der Waals surface area (Å²) in [6.45, 7) is 8.18. The molecule has 118 valence electrons. The number of pyridine rings is 1. The topological polar surface area (TPSA) is 45.2 Å². The first-order valence-corrected chi connectivity index (χ1v) is 7.96. The van der Waals surface area contributed by atoms with Crippen LogP contribution in [0.3, 0.4) is 0 Å². The fourth-order valence-electron chi connectivity index (χ4n) is 2.64. The quantitative estimate of drug-likeness (QED) is 0.772. The van der Waals surface area contributed by atoms with Crippen LogP contribution in [0.25, 0.3) is 11.1 Å². The molecule has 0 aliphatic rings. The number of nitrogens with one attached hydrogen (secondary N) is 1. The molecule has 0 spiro atoms. The predicted molar refractivity (Wildman–Crippen MR) is 92.2 cm³/mol. The summed E-state index contributed by atoms with van der Waals surface area (Å²) in [4.78, 5) is 4.67. The van der Waals surface area contributed by atoms with Gasteiger partial charge in [-0.3, -0.25) is 4.98 Å². The molecule has 2 N–H and O–H groups in total. The van der Waals surface area contributed by atoms with E-state index in [0.717, 1.165) is 19.4 Å². The van der Waals surface area contributed by atoms with Crippen LogP contribution in [0, 0.1) is 20.8 Å². The van der Waals surface area contributed by atoms with Gasteiger partial charge in [0.25, 0.3) is 0 Å². The monoisotopic (exact) mass is 298 g/mol. The standard InChI is InChI=1S/C19H26N2O/c1-14-6-7-15(2)18(11-14)17-12-16(3)19(21-13-17)5-4-8-20-9-10-22/h6-7,11-13,20,22H,4-5,8-10H2,1-3H3. The van der Waals surface area contributed by atoms with Gasteiger partial charge in [0, 0.05) is 24.0 Å². The van der Waals surface area contributed by atoms with E-state index in [1.54, 1.807) is 0 Å². The van der Waals surface area contributed by atoms with Gasteiger partial charge in [-0.05, 0) is 62.9 Å². The fraction of sp³-hybridized carbons (Fsp3) is 0.421. The largest absolute Gasteiger partial charge is 0.395 e. The van der Waals surface area contributed by atoms with Crippen LogP contribution in [0.2, 0.25) is 0 Å². The van der Waals surface area contributed by atoms with Crippen molar-refractivity contribution in [1.82, 2.24) is 10.3 Å². The average molecular weight is 298 g/mol. The number of aryl methyl sites for hydroxylation is 4. The molecule has 3 nitrogen and oxygen atoms in total. The van der Waals surface area contributed by atoms with Crippen molar-refractivity contribution in [2.45, 2.75) is 33.6 Å². The van der Waals surface area contributed by atoms with Gasteiger partial charge < -0.3 is 10.4 Å². The van der Waals surface area contributed by atoms with Crippen molar-refractivity contribution in [2.24, 2.45) is 0 Å². The van der Waals surface area contributed by atoms with E-state index in [-0.39, 0.29) is 6.61 Å². The molecule has 0 aliphatic heterocycles. The lowest BCUT2D eigenvalue weighted by Crippen LogP contribution is -2.19. The highest BCUT2D eigenvalue weighted by atomic mass is 16.3. The maximum atomic E-state index is 8.73. The molecule has 1 aromatic heterocycles. The van der Waals surface area contributed by atoms with E-state index in [1.807, 2.05) is 6.20 Å². The lowest BCUT2D eigenvalue weighted by Gasteiger charge is -2.11. The molecule has 0 aliphatic carbocycles. The first kappa shape index (κ1) is 16.7. The molecule has 0 fully saturated rings. The van der Waals surface area contributed by atoms with Crippen molar-refractivity contribution < 1.29 is 5.11 Å². The zero-order valence-electron chi connectivity index (χ0n) is 13.8. The van der Waals surface area contributed by atoms with Gasteiger partial charge in [0.05, 0.1) is 6.61 Å². The molecule has 0 atom stereocenters. The number of aliphatic hydroxyl groups is 1. The molecule has 0 bridgehead atoms. The van der Waals surface area contributed by atoms with Gasteiger partial charge in [-0.25, -0.2) is 0 Å². The number of hydrogen-bond acceptors (Lipinski definition) is 3. The SMILES string of the molecule is Cc1ccc(C)c(-c2cnc(CCCNCCO)c(C)c2)c1. The van der Waals surface area contributed by atoms with Crippen LogP contribution in [0.1, 0.15) is 28.8 Å². The Hall–Kier alpha value is -1.71. The van der Waals surface area contributed by atoms with E-state index in [4.69, 9.17) is 5.11 Å². The minimum Gasteiger partial charge on any atom is -0.395 e. The Morgan fingerprint density at radius 3 is 2.59 bits per heavy atom. The van der Waals surface area contributed by atoms with Gasteiger partial charge in [0.15, 0.2) is 0 Å². The second kappa shape index (κ2) is 8.06. The van der Waals surface area contributed by atoms with Gasteiger partial charge >= 0.3 is 0 Å².